The summed E-state index contributed by atoms with van der Waals surface area (Å²) in [4.78, 5) is 24.1. The van der Waals surface area contributed by atoms with Crippen molar-refractivity contribution in [2.45, 2.75) is 4.90 Å². The van der Waals surface area contributed by atoms with E-state index in [2.05, 4.69) is 5.32 Å². The van der Waals surface area contributed by atoms with Gasteiger partial charge < -0.3 is 19.5 Å². The summed E-state index contributed by atoms with van der Waals surface area (Å²) < 4.78 is 38.3. The summed E-state index contributed by atoms with van der Waals surface area (Å²) in [5, 5.41) is 2.56. The Balaban J connectivity index is 2.03. The fourth-order valence-corrected chi connectivity index (χ4v) is 2.83. The first kappa shape index (κ1) is 20.2. The lowest BCUT2D eigenvalue weighted by Crippen LogP contribution is -2.21. The molecular weight excluding hydrogens is 374 g/mol. The summed E-state index contributed by atoms with van der Waals surface area (Å²) in [5.41, 5.74) is 0.390. The molecule has 1 N–H and O–H groups in total. The van der Waals surface area contributed by atoms with Crippen LogP contribution in [-0.2, 0) is 19.4 Å². The first-order chi connectivity index (χ1) is 12.7. The smallest absolute Gasteiger partial charge is 0.338 e. The number of ether oxygens (including phenoxy) is 3. The van der Waals surface area contributed by atoms with E-state index in [1.807, 2.05) is 0 Å². The van der Waals surface area contributed by atoms with Crippen molar-refractivity contribution >= 4 is 27.4 Å². The van der Waals surface area contributed by atoms with Gasteiger partial charge in [-0.3, -0.25) is 4.79 Å². The number of hydrogen-bond acceptors (Lipinski definition) is 7. The number of nitrogens with one attached hydrogen (secondary N) is 1. The molecule has 8 nitrogen and oxygen atoms in total. The van der Waals surface area contributed by atoms with E-state index in [4.69, 9.17) is 14.2 Å². The maximum atomic E-state index is 12.1. The first-order valence-electron chi connectivity index (χ1n) is 7.73. The van der Waals surface area contributed by atoms with E-state index in [0.717, 1.165) is 6.26 Å². The van der Waals surface area contributed by atoms with Gasteiger partial charge in [0.05, 0.1) is 30.4 Å². The largest absolute Gasteiger partial charge is 0.497 e. The SMILES string of the molecule is COc1ccc(OC)c(NC(=O)COC(=O)c2cccc(S(C)(=O)=O)c2)c1. The minimum atomic E-state index is -3.46. The zero-order valence-electron chi connectivity index (χ0n) is 15.0. The average Bonchev–Trinajstić information content (AvgIpc) is 2.65. The highest BCUT2D eigenvalue weighted by Crippen LogP contribution is 2.28. The Morgan fingerprint density at radius 2 is 1.78 bits per heavy atom. The molecule has 0 aromatic heterocycles. The fraction of sp³-hybridized carbons (Fsp3) is 0.222. The molecule has 2 aromatic rings. The zero-order valence-corrected chi connectivity index (χ0v) is 15.8. The first-order valence-corrected chi connectivity index (χ1v) is 9.63. The Hall–Kier alpha value is -3.07. The number of sulfone groups is 1. The Morgan fingerprint density at radius 3 is 2.41 bits per heavy atom. The molecule has 0 atom stereocenters. The standard InChI is InChI=1S/C18H19NO7S/c1-24-13-7-8-16(25-2)15(10-13)19-17(20)11-26-18(21)12-5-4-6-14(9-12)27(3,22)23/h4-10H,11H2,1-3H3,(H,19,20). The van der Waals surface area contributed by atoms with Gasteiger partial charge in [-0.2, -0.15) is 0 Å². The lowest BCUT2D eigenvalue weighted by molar-refractivity contribution is -0.119. The van der Waals surface area contributed by atoms with Gasteiger partial charge in [0.2, 0.25) is 0 Å². The quantitative estimate of drug-likeness (QED) is 0.716. The van der Waals surface area contributed by atoms with Crippen LogP contribution in [0.25, 0.3) is 0 Å². The Kier molecular flexibility index (Phi) is 6.40. The number of methoxy groups -OCH3 is 2. The summed E-state index contributed by atoms with van der Waals surface area (Å²) in [6.45, 7) is -0.553. The van der Waals surface area contributed by atoms with Crippen LogP contribution in [0.5, 0.6) is 11.5 Å². The van der Waals surface area contributed by atoms with Crippen molar-refractivity contribution in [2.24, 2.45) is 0 Å². The number of anilines is 1. The normalized spacial score (nSPS) is 10.8. The summed E-state index contributed by atoms with van der Waals surface area (Å²) in [5.74, 6) is -0.473. The van der Waals surface area contributed by atoms with Gasteiger partial charge in [-0.1, -0.05) is 6.07 Å². The minimum Gasteiger partial charge on any atom is -0.497 e. The van der Waals surface area contributed by atoms with Crippen LogP contribution in [0.2, 0.25) is 0 Å². The van der Waals surface area contributed by atoms with Crippen LogP contribution in [0.1, 0.15) is 10.4 Å². The van der Waals surface area contributed by atoms with Crippen LogP contribution < -0.4 is 14.8 Å². The molecule has 0 spiro atoms. The minimum absolute atomic E-state index is 0.0116. The molecule has 144 valence electrons. The predicted octanol–water partition coefficient (Wildman–Crippen LogP) is 1.90. The van der Waals surface area contributed by atoms with Crippen molar-refractivity contribution in [3.63, 3.8) is 0 Å². The van der Waals surface area contributed by atoms with Gasteiger partial charge in [0.25, 0.3) is 5.91 Å². The van der Waals surface area contributed by atoms with Crippen molar-refractivity contribution in [3.8, 4) is 11.5 Å². The molecule has 0 aliphatic rings. The van der Waals surface area contributed by atoms with Crippen molar-refractivity contribution in [1.29, 1.82) is 0 Å². The molecule has 27 heavy (non-hydrogen) atoms. The Morgan fingerprint density at radius 1 is 1.04 bits per heavy atom. The predicted molar refractivity (Wildman–Crippen MR) is 98.0 cm³/mol. The van der Waals surface area contributed by atoms with Crippen molar-refractivity contribution in [1.82, 2.24) is 0 Å². The van der Waals surface area contributed by atoms with Gasteiger partial charge in [0.15, 0.2) is 16.4 Å². The molecule has 0 aliphatic heterocycles. The molecule has 0 fully saturated rings. The molecule has 0 unspecified atom stereocenters. The number of carbonyl (C=O) groups is 2. The van der Waals surface area contributed by atoms with Gasteiger partial charge in [-0.05, 0) is 30.3 Å². The lowest BCUT2D eigenvalue weighted by atomic mass is 10.2. The van der Waals surface area contributed by atoms with Crippen LogP contribution in [0, 0.1) is 0 Å². The molecule has 0 heterocycles. The topological polar surface area (TPSA) is 108 Å². The molecule has 9 heteroatoms. The number of rotatable bonds is 7. The second-order valence-corrected chi connectivity index (χ2v) is 7.51. The van der Waals surface area contributed by atoms with Crippen LogP contribution in [0.3, 0.4) is 0 Å². The maximum absolute atomic E-state index is 12.1. The van der Waals surface area contributed by atoms with Gasteiger partial charge in [-0.15, -0.1) is 0 Å². The summed E-state index contributed by atoms with van der Waals surface area (Å²) >= 11 is 0. The molecule has 0 saturated carbocycles. The third kappa shape index (κ3) is 5.45. The molecule has 2 aromatic carbocycles. The number of carbonyl (C=O) groups excluding carboxylic acids is 2. The van der Waals surface area contributed by atoms with Gasteiger partial charge in [-0.25, -0.2) is 13.2 Å². The fourth-order valence-electron chi connectivity index (χ4n) is 2.17. The monoisotopic (exact) mass is 393 g/mol. The van der Waals surface area contributed by atoms with Gasteiger partial charge in [0.1, 0.15) is 11.5 Å². The third-order valence-electron chi connectivity index (χ3n) is 3.51. The molecule has 0 bridgehead atoms. The highest BCUT2D eigenvalue weighted by atomic mass is 32.2. The molecule has 0 aliphatic carbocycles. The number of hydrogen-bond donors (Lipinski definition) is 1. The van der Waals surface area contributed by atoms with E-state index in [1.54, 1.807) is 18.2 Å². The molecular formula is C18H19NO7S. The summed E-state index contributed by atoms with van der Waals surface area (Å²) in [6, 6.07) is 10.2. The number of benzene rings is 2. The average molecular weight is 393 g/mol. The third-order valence-corrected chi connectivity index (χ3v) is 4.62. The lowest BCUT2D eigenvalue weighted by Gasteiger charge is -2.12. The van der Waals surface area contributed by atoms with E-state index in [0.29, 0.717) is 17.2 Å². The van der Waals surface area contributed by atoms with Crippen molar-refractivity contribution in [3.05, 3.63) is 48.0 Å². The highest BCUT2D eigenvalue weighted by molar-refractivity contribution is 7.90. The van der Waals surface area contributed by atoms with Crippen LogP contribution in [0.4, 0.5) is 5.69 Å². The molecule has 0 saturated heterocycles. The highest BCUT2D eigenvalue weighted by Gasteiger charge is 2.15. The summed E-state index contributed by atoms with van der Waals surface area (Å²) in [7, 11) is -0.521. The van der Waals surface area contributed by atoms with Crippen molar-refractivity contribution in [2.75, 3.05) is 32.4 Å². The zero-order chi connectivity index (χ0) is 20.0. The van der Waals surface area contributed by atoms with E-state index < -0.39 is 28.3 Å². The second-order valence-electron chi connectivity index (χ2n) is 5.49. The van der Waals surface area contributed by atoms with E-state index >= 15 is 0 Å². The van der Waals surface area contributed by atoms with E-state index in [9.17, 15) is 18.0 Å². The summed E-state index contributed by atoms with van der Waals surface area (Å²) in [6.07, 6.45) is 1.03. The van der Waals surface area contributed by atoms with Crippen molar-refractivity contribution < 1.29 is 32.2 Å². The van der Waals surface area contributed by atoms with Gasteiger partial charge in [0, 0.05) is 12.3 Å². The van der Waals surface area contributed by atoms with Crippen LogP contribution in [-0.4, -0.2) is 47.4 Å². The Bertz CT molecular complexity index is 954. The second kappa shape index (κ2) is 8.54. The van der Waals surface area contributed by atoms with E-state index in [-0.39, 0.29) is 10.5 Å². The van der Waals surface area contributed by atoms with Gasteiger partial charge >= 0.3 is 5.97 Å². The molecule has 0 radical (unpaired) electrons. The Labute approximate surface area is 157 Å². The number of amides is 1. The maximum Gasteiger partial charge on any atom is 0.338 e. The molecule has 2 rings (SSSR count). The van der Waals surface area contributed by atoms with Crippen LogP contribution >= 0.6 is 0 Å². The van der Waals surface area contributed by atoms with E-state index in [1.165, 1.54) is 38.5 Å². The molecule has 1 amide bonds. The van der Waals surface area contributed by atoms with Crippen LogP contribution in [0.15, 0.2) is 47.4 Å². The number of esters is 1.